The van der Waals surface area contributed by atoms with Gasteiger partial charge < -0.3 is 9.13 Å². The molecule has 0 spiro atoms. The van der Waals surface area contributed by atoms with Crippen molar-refractivity contribution < 1.29 is 0 Å². The van der Waals surface area contributed by atoms with Gasteiger partial charge in [-0.25, -0.2) is 9.97 Å². The first-order valence-electron chi connectivity index (χ1n) is 12.4. The predicted octanol–water partition coefficient (Wildman–Crippen LogP) is 6.40. The van der Waals surface area contributed by atoms with E-state index in [-0.39, 0.29) is 0 Å². The number of aryl methyl sites for hydroxylation is 2. The van der Waals surface area contributed by atoms with E-state index in [0.717, 1.165) is 56.6 Å². The van der Waals surface area contributed by atoms with Crippen LogP contribution in [0.4, 0.5) is 0 Å². The highest BCUT2D eigenvalue weighted by Gasteiger charge is 2.18. The van der Waals surface area contributed by atoms with Gasteiger partial charge in [-0.15, -0.1) is 0 Å². The molecule has 170 valence electrons. The first-order valence-corrected chi connectivity index (χ1v) is 12.4. The predicted molar refractivity (Wildman–Crippen MR) is 134 cm³/mol. The smallest absolute Gasteiger partial charge is 0.124 e. The third kappa shape index (κ3) is 4.88. The minimum Gasteiger partial charge on any atom is -0.327 e. The third-order valence-electron chi connectivity index (χ3n) is 6.17. The Bertz CT molecular complexity index is 1050. The zero-order valence-corrected chi connectivity index (χ0v) is 19.9. The molecule has 0 unspecified atom stereocenters. The van der Waals surface area contributed by atoms with E-state index < -0.39 is 0 Å². The van der Waals surface area contributed by atoms with E-state index in [4.69, 9.17) is 9.97 Å². The quantitative estimate of drug-likeness (QED) is 0.244. The molecule has 0 radical (unpaired) electrons. The fourth-order valence-corrected chi connectivity index (χ4v) is 4.64. The molecule has 0 amide bonds. The molecule has 2 aromatic heterocycles. The number of unbranched alkanes of at least 4 members (excludes halogenated alkanes) is 2. The average Bonchev–Trinajstić information content (AvgIpc) is 3.32. The molecule has 0 aliphatic carbocycles. The Balaban J connectivity index is 1.65. The number of aromatic nitrogens is 4. The van der Waals surface area contributed by atoms with Gasteiger partial charge in [-0.2, -0.15) is 0 Å². The Kier molecular flexibility index (Phi) is 7.59. The van der Waals surface area contributed by atoms with Crippen molar-refractivity contribution in [2.24, 2.45) is 0 Å². The Hall–Kier alpha value is -2.66. The summed E-state index contributed by atoms with van der Waals surface area (Å²) >= 11 is 0. The van der Waals surface area contributed by atoms with Crippen molar-refractivity contribution in [3.63, 3.8) is 0 Å². The van der Waals surface area contributed by atoms with E-state index in [1.54, 1.807) is 0 Å². The number of hydrogen-bond acceptors (Lipinski definition) is 3. The molecular weight excluding hydrogens is 394 g/mol. The average molecular weight is 432 g/mol. The molecule has 5 heteroatoms. The van der Waals surface area contributed by atoms with Crippen molar-refractivity contribution >= 4 is 22.1 Å². The molecule has 0 saturated carbocycles. The molecule has 0 N–H and O–H groups in total. The van der Waals surface area contributed by atoms with Crippen LogP contribution < -0.4 is 0 Å². The van der Waals surface area contributed by atoms with Crippen molar-refractivity contribution in [3.8, 4) is 0 Å². The minimum atomic E-state index is 0.855. The summed E-state index contributed by atoms with van der Waals surface area (Å²) in [5, 5.41) is 0. The zero-order chi connectivity index (χ0) is 22.3. The van der Waals surface area contributed by atoms with Crippen LogP contribution in [-0.4, -0.2) is 30.5 Å². The zero-order valence-electron chi connectivity index (χ0n) is 19.9. The lowest BCUT2D eigenvalue weighted by molar-refractivity contribution is 0.233. The largest absolute Gasteiger partial charge is 0.327 e. The van der Waals surface area contributed by atoms with Crippen molar-refractivity contribution in [1.82, 2.24) is 24.0 Å². The highest BCUT2D eigenvalue weighted by atomic mass is 15.2. The topological polar surface area (TPSA) is 38.9 Å². The first kappa shape index (κ1) is 22.5. The number of para-hydroxylation sites is 4. The van der Waals surface area contributed by atoms with E-state index in [9.17, 15) is 0 Å². The lowest BCUT2D eigenvalue weighted by Gasteiger charge is -2.23. The highest BCUT2D eigenvalue weighted by Crippen LogP contribution is 2.21. The fourth-order valence-electron chi connectivity index (χ4n) is 4.64. The molecule has 2 heterocycles. The summed E-state index contributed by atoms with van der Waals surface area (Å²) in [6, 6.07) is 17.1. The van der Waals surface area contributed by atoms with Gasteiger partial charge in [0.25, 0.3) is 0 Å². The molecule has 0 aliphatic rings. The maximum absolute atomic E-state index is 5.04. The molecule has 0 aliphatic heterocycles. The molecule has 0 fully saturated rings. The van der Waals surface area contributed by atoms with Crippen molar-refractivity contribution in [1.29, 1.82) is 0 Å². The summed E-state index contributed by atoms with van der Waals surface area (Å²) in [6.45, 7) is 11.5. The van der Waals surface area contributed by atoms with Crippen LogP contribution in [0.15, 0.2) is 48.5 Å². The maximum atomic E-state index is 5.04. The van der Waals surface area contributed by atoms with Crippen molar-refractivity contribution in [2.75, 3.05) is 6.54 Å². The van der Waals surface area contributed by atoms with Gasteiger partial charge in [-0.3, -0.25) is 4.90 Å². The molecule has 0 saturated heterocycles. The van der Waals surface area contributed by atoms with Gasteiger partial charge in [0.1, 0.15) is 11.6 Å². The maximum Gasteiger partial charge on any atom is 0.124 e. The molecule has 5 nitrogen and oxygen atoms in total. The first-order chi connectivity index (χ1) is 15.7. The van der Waals surface area contributed by atoms with Gasteiger partial charge in [0, 0.05) is 13.1 Å². The van der Waals surface area contributed by atoms with Gasteiger partial charge in [-0.1, -0.05) is 57.9 Å². The van der Waals surface area contributed by atoms with Gasteiger partial charge >= 0.3 is 0 Å². The van der Waals surface area contributed by atoms with E-state index in [2.05, 4.69) is 83.3 Å². The normalized spacial score (nSPS) is 11.9. The van der Waals surface area contributed by atoms with Crippen LogP contribution in [-0.2, 0) is 26.2 Å². The molecular formula is C27H37N5. The third-order valence-corrected chi connectivity index (χ3v) is 6.17. The standard InChI is InChI=1S/C27H37N5/c1-4-7-12-19-30(20-26-28-22-13-8-10-15-24(22)31(26)17-5-2)21-27-29-23-14-9-11-16-25(23)32(27)18-6-3/h8-11,13-16H,4-7,12,17-21H2,1-3H3. The van der Waals surface area contributed by atoms with Crippen LogP contribution >= 0.6 is 0 Å². The Morgan fingerprint density at radius 1 is 0.656 bits per heavy atom. The number of rotatable bonds is 12. The SMILES string of the molecule is CCCCCN(Cc1nc2ccccc2n1CCC)Cc1nc2ccccc2n1CCC. The monoisotopic (exact) mass is 431 g/mol. The lowest BCUT2D eigenvalue weighted by Crippen LogP contribution is -2.27. The van der Waals surface area contributed by atoms with Crippen LogP contribution in [0, 0.1) is 0 Å². The summed E-state index contributed by atoms with van der Waals surface area (Å²) in [6.07, 6.45) is 5.91. The van der Waals surface area contributed by atoms with Crippen LogP contribution in [0.2, 0.25) is 0 Å². The van der Waals surface area contributed by atoms with Crippen LogP contribution in [0.25, 0.3) is 22.1 Å². The lowest BCUT2D eigenvalue weighted by atomic mass is 10.2. The summed E-state index contributed by atoms with van der Waals surface area (Å²) in [4.78, 5) is 12.6. The molecule has 0 atom stereocenters. The fraction of sp³-hybridized carbons (Fsp3) is 0.481. The van der Waals surface area contributed by atoms with E-state index >= 15 is 0 Å². The summed E-state index contributed by atoms with van der Waals surface area (Å²) in [7, 11) is 0. The van der Waals surface area contributed by atoms with E-state index in [1.165, 1.54) is 41.9 Å². The second-order valence-corrected chi connectivity index (χ2v) is 8.75. The number of benzene rings is 2. The minimum absolute atomic E-state index is 0.855. The second-order valence-electron chi connectivity index (χ2n) is 8.75. The molecule has 4 aromatic rings. The van der Waals surface area contributed by atoms with E-state index in [0.29, 0.717) is 0 Å². The second kappa shape index (κ2) is 10.8. The number of nitrogens with zero attached hydrogens (tertiary/aromatic N) is 5. The number of hydrogen-bond donors (Lipinski definition) is 0. The van der Waals surface area contributed by atoms with Gasteiger partial charge in [0.2, 0.25) is 0 Å². The summed E-state index contributed by atoms with van der Waals surface area (Å²) in [5.74, 6) is 2.34. The Labute approximate surface area is 192 Å². The molecule has 2 aromatic carbocycles. The highest BCUT2D eigenvalue weighted by molar-refractivity contribution is 5.76. The Morgan fingerprint density at radius 2 is 1.16 bits per heavy atom. The number of fused-ring (bicyclic) bond motifs is 2. The summed E-state index contributed by atoms with van der Waals surface area (Å²) in [5.41, 5.74) is 4.69. The van der Waals surface area contributed by atoms with Crippen molar-refractivity contribution in [2.45, 2.75) is 79.1 Å². The van der Waals surface area contributed by atoms with Crippen LogP contribution in [0.3, 0.4) is 0 Å². The summed E-state index contributed by atoms with van der Waals surface area (Å²) < 4.78 is 4.83. The van der Waals surface area contributed by atoms with Gasteiger partial charge in [0.05, 0.1) is 35.2 Å². The van der Waals surface area contributed by atoms with Crippen molar-refractivity contribution in [3.05, 3.63) is 60.2 Å². The Morgan fingerprint density at radius 3 is 1.62 bits per heavy atom. The molecule has 4 rings (SSSR count). The van der Waals surface area contributed by atoms with Gasteiger partial charge in [-0.05, 0) is 50.1 Å². The number of imidazole rings is 2. The van der Waals surface area contributed by atoms with E-state index in [1.807, 2.05) is 0 Å². The molecule has 32 heavy (non-hydrogen) atoms. The van der Waals surface area contributed by atoms with Gasteiger partial charge in [0.15, 0.2) is 0 Å². The van der Waals surface area contributed by atoms with Crippen LogP contribution in [0.1, 0.15) is 64.5 Å². The molecule has 0 bridgehead atoms. The van der Waals surface area contributed by atoms with Crippen LogP contribution in [0.5, 0.6) is 0 Å².